The Balaban J connectivity index is 1.79. The second-order valence-corrected chi connectivity index (χ2v) is 7.60. The number of hydrogen-bond acceptors (Lipinski definition) is 6. The Bertz CT molecular complexity index is 1030. The number of ketones is 1. The maximum Gasteiger partial charge on any atom is 0.237 e. The molecule has 1 N–H and O–H groups in total. The van der Waals surface area contributed by atoms with E-state index in [1.54, 1.807) is 49.7 Å². The number of amides is 1. The second-order valence-electron chi connectivity index (χ2n) is 6.29. The van der Waals surface area contributed by atoms with Crippen LogP contribution in [-0.4, -0.2) is 36.7 Å². The molecule has 29 heavy (non-hydrogen) atoms. The van der Waals surface area contributed by atoms with Crippen LogP contribution in [0.5, 0.6) is 0 Å². The fraction of sp³-hybridized carbons (Fsp3) is 0.190. The lowest BCUT2D eigenvalue weighted by Gasteiger charge is -2.14. The first-order valence-electron chi connectivity index (χ1n) is 9.03. The van der Waals surface area contributed by atoms with Gasteiger partial charge in [-0.1, -0.05) is 30.0 Å². The molecule has 2 aromatic heterocycles. The van der Waals surface area contributed by atoms with Gasteiger partial charge in [0.1, 0.15) is 0 Å². The van der Waals surface area contributed by atoms with Crippen LogP contribution >= 0.6 is 11.8 Å². The normalized spacial score (nSPS) is 11.7. The van der Waals surface area contributed by atoms with E-state index < -0.39 is 5.25 Å². The van der Waals surface area contributed by atoms with E-state index in [2.05, 4.69) is 27.1 Å². The van der Waals surface area contributed by atoms with Crippen molar-refractivity contribution in [3.05, 3.63) is 67.0 Å². The number of hydrogen-bond donors (Lipinski definition) is 1. The van der Waals surface area contributed by atoms with Crippen molar-refractivity contribution in [3.8, 4) is 11.4 Å². The molecule has 0 aliphatic carbocycles. The molecular weight excluding hydrogens is 386 g/mol. The molecule has 1 atom stereocenters. The third kappa shape index (κ3) is 4.78. The van der Waals surface area contributed by atoms with Gasteiger partial charge < -0.3 is 5.32 Å². The Morgan fingerprint density at radius 2 is 1.93 bits per heavy atom. The van der Waals surface area contributed by atoms with Gasteiger partial charge in [-0.3, -0.25) is 19.1 Å². The fourth-order valence-electron chi connectivity index (χ4n) is 2.73. The van der Waals surface area contributed by atoms with Gasteiger partial charge in [-0.25, -0.2) is 0 Å². The van der Waals surface area contributed by atoms with E-state index in [0.29, 0.717) is 28.8 Å². The van der Waals surface area contributed by atoms with Gasteiger partial charge in [0, 0.05) is 30.1 Å². The van der Waals surface area contributed by atoms with Crippen LogP contribution in [-0.2, 0) is 11.3 Å². The number of thioether (sulfide) groups is 1. The Labute approximate surface area is 173 Å². The molecule has 148 valence electrons. The third-order valence-corrected chi connectivity index (χ3v) is 5.26. The van der Waals surface area contributed by atoms with E-state index in [4.69, 9.17) is 0 Å². The molecule has 3 rings (SSSR count). The van der Waals surface area contributed by atoms with E-state index in [-0.39, 0.29) is 11.7 Å². The lowest BCUT2D eigenvalue weighted by molar-refractivity contribution is -0.115. The molecule has 0 fully saturated rings. The molecule has 0 aliphatic heterocycles. The van der Waals surface area contributed by atoms with Crippen LogP contribution in [0.25, 0.3) is 11.4 Å². The Hall–Kier alpha value is -3.26. The summed E-state index contributed by atoms with van der Waals surface area (Å²) in [6, 6.07) is 10.7. The molecule has 0 spiro atoms. The maximum atomic E-state index is 12.7. The molecule has 0 saturated heterocycles. The van der Waals surface area contributed by atoms with E-state index in [1.807, 2.05) is 16.7 Å². The predicted octanol–water partition coefficient (Wildman–Crippen LogP) is 3.85. The Morgan fingerprint density at radius 3 is 2.62 bits per heavy atom. The van der Waals surface area contributed by atoms with Crippen molar-refractivity contribution in [2.75, 3.05) is 5.32 Å². The highest BCUT2D eigenvalue weighted by atomic mass is 32.2. The average molecular weight is 407 g/mol. The summed E-state index contributed by atoms with van der Waals surface area (Å²) in [6.45, 7) is 7.57. The number of carbonyl (C=O) groups is 2. The summed E-state index contributed by atoms with van der Waals surface area (Å²) in [5.74, 6) is 0.362. The van der Waals surface area contributed by atoms with Gasteiger partial charge in [-0.15, -0.1) is 16.8 Å². The molecule has 1 amide bonds. The molecule has 3 aromatic rings. The van der Waals surface area contributed by atoms with E-state index in [9.17, 15) is 9.59 Å². The zero-order chi connectivity index (χ0) is 20.8. The first kappa shape index (κ1) is 20.5. The van der Waals surface area contributed by atoms with Gasteiger partial charge in [0.2, 0.25) is 5.91 Å². The summed E-state index contributed by atoms with van der Waals surface area (Å²) in [6.07, 6.45) is 5.14. The first-order chi connectivity index (χ1) is 14.0. The molecule has 2 heterocycles. The number of benzene rings is 1. The number of Topliss-reactive ketones (excluding diaryl/α,β-unsaturated/α-hetero) is 1. The summed E-state index contributed by atoms with van der Waals surface area (Å²) in [4.78, 5) is 28.5. The van der Waals surface area contributed by atoms with Crippen LogP contribution in [0.2, 0.25) is 0 Å². The molecule has 7 nitrogen and oxygen atoms in total. The van der Waals surface area contributed by atoms with E-state index in [0.717, 1.165) is 5.56 Å². The maximum absolute atomic E-state index is 12.7. The van der Waals surface area contributed by atoms with Crippen LogP contribution in [0.1, 0.15) is 24.2 Å². The van der Waals surface area contributed by atoms with Crippen molar-refractivity contribution in [3.63, 3.8) is 0 Å². The molecule has 0 aliphatic rings. The monoisotopic (exact) mass is 407 g/mol. The Kier molecular flexibility index (Phi) is 6.56. The summed E-state index contributed by atoms with van der Waals surface area (Å²) < 4.78 is 1.90. The van der Waals surface area contributed by atoms with Crippen molar-refractivity contribution in [1.29, 1.82) is 0 Å². The second kappa shape index (κ2) is 9.29. The highest BCUT2D eigenvalue weighted by Crippen LogP contribution is 2.27. The van der Waals surface area contributed by atoms with Crippen LogP contribution in [0, 0.1) is 0 Å². The average Bonchev–Trinajstić information content (AvgIpc) is 3.11. The molecule has 1 aromatic carbocycles. The molecule has 8 heteroatoms. The molecule has 0 unspecified atom stereocenters. The van der Waals surface area contributed by atoms with Crippen molar-refractivity contribution >= 4 is 29.1 Å². The van der Waals surface area contributed by atoms with E-state index >= 15 is 0 Å². The standard InChI is InChI=1S/C21H21N5O2S/c1-4-13-26-19(16-9-11-22-12-10-16)24-25-21(26)29-15(3)20(28)23-18-8-6-5-7-17(18)14(2)27/h4-12,15H,1,13H2,2-3H3,(H,23,28)/t15-/m1/s1. The minimum atomic E-state index is -0.451. The molecule has 0 radical (unpaired) electrons. The van der Waals surface area contributed by atoms with Crippen LogP contribution in [0.15, 0.2) is 66.6 Å². The van der Waals surface area contributed by atoms with Crippen molar-refractivity contribution < 1.29 is 9.59 Å². The van der Waals surface area contributed by atoms with Gasteiger partial charge in [0.25, 0.3) is 0 Å². The predicted molar refractivity (Wildman–Crippen MR) is 114 cm³/mol. The zero-order valence-corrected chi connectivity index (χ0v) is 17.0. The lowest BCUT2D eigenvalue weighted by atomic mass is 10.1. The molecular formula is C21H21N5O2S. The summed E-state index contributed by atoms with van der Waals surface area (Å²) in [5.41, 5.74) is 1.86. The quantitative estimate of drug-likeness (QED) is 0.347. The number of carbonyl (C=O) groups excluding carboxylic acids is 2. The molecule has 0 bridgehead atoms. The van der Waals surface area contributed by atoms with Crippen molar-refractivity contribution in [1.82, 2.24) is 19.7 Å². The number of nitrogens with one attached hydrogen (secondary N) is 1. The topological polar surface area (TPSA) is 89.8 Å². The zero-order valence-electron chi connectivity index (χ0n) is 16.2. The fourth-order valence-corrected chi connectivity index (χ4v) is 3.59. The van der Waals surface area contributed by atoms with Gasteiger partial charge >= 0.3 is 0 Å². The van der Waals surface area contributed by atoms with Gasteiger partial charge in [-0.05, 0) is 38.1 Å². The van der Waals surface area contributed by atoms with Gasteiger partial charge in [0.15, 0.2) is 16.8 Å². The SMILES string of the molecule is C=CCn1c(S[C@H](C)C(=O)Nc2ccccc2C(C)=O)nnc1-c1ccncc1. The Morgan fingerprint density at radius 1 is 1.21 bits per heavy atom. The van der Waals surface area contributed by atoms with Crippen molar-refractivity contribution in [2.24, 2.45) is 0 Å². The molecule has 0 saturated carbocycles. The van der Waals surface area contributed by atoms with Crippen molar-refractivity contribution in [2.45, 2.75) is 30.8 Å². The van der Waals surface area contributed by atoms with Crippen LogP contribution in [0.3, 0.4) is 0 Å². The summed E-state index contributed by atoms with van der Waals surface area (Å²) >= 11 is 1.30. The number of para-hydroxylation sites is 1. The number of allylic oxidation sites excluding steroid dienone is 1. The van der Waals surface area contributed by atoms with Crippen LogP contribution < -0.4 is 5.32 Å². The smallest absolute Gasteiger partial charge is 0.237 e. The number of rotatable bonds is 8. The largest absolute Gasteiger partial charge is 0.324 e. The number of aromatic nitrogens is 4. The minimum Gasteiger partial charge on any atom is -0.324 e. The number of anilines is 1. The summed E-state index contributed by atoms with van der Waals surface area (Å²) in [7, 11) is 0. The minimum absolute atomic E-state index is 0.103. The number of nitrogens with zero attached hydrogens (tertiary/aromatic N) is 4. The van der Waals surface area contributed by atoms with Gasteiger partial charge in [-0.2, -0.15) is 0 Å². The summed E-state index contributed by atoms with van der Waals surface area (Å²) in [5, 5.41) is 11.5. The highest BCUT2D eigenvalue weighted by Gasteiger charge is 2.21. The first-order valence-corrected chi connectivity index (χ1v) is 9.91. The van der Waals surface area contributed by atoms with Gasteiger partial charge in [0.05, 0.1) is 10.9 Å². The highest BCUT2D eigenvalue weighted by molar-refractivity contribution is 8.00. The lowest BCUT2D eigenvalue weighted by Crippen LogP contribution is -2.24. The number of pyridine rings is 1. The van der Waals surface area contributed by atoms with E-state index in [1.165, 1.54) is 18.7 Å². The van der Waals surface area contributed by atoms with Crippen LogP contribution in [0.4, 0.5) is 5.69 Å². The third-order valence-electron chi connectivity index (χ3n) is 4.18.